The smallest absolute Gasteiger partial charge is 0.133 e. The second-order valence-corrected chi connectivity index (χ2v) is 16.3. The molecule has 284 valence electrons. The van der Waals surface area contributed by atoms with Crippen molar-refractivity contribution in [3.63, 3.8) is 0 Å². The van der Waals surface area contributed by atoms with Crippen LogP contribution in [0.15, 0.2) is 46.2 Å². The Morgan fingerprint density at radius 2 is 0.725 bits per heavy atom. The van der Waals surface area contributed by atoms with E-state index >= 15 is 0 Å². The lowest BCUT2D eigenvalue weighted by Gasteiger charge is -2.19. The lowest BCUT2D eigenvalue weighted by Crippen LogP contribution is -1.96. The van der Waals surface area contributed by atoms with Gasteiger partial charge in [-0.3, -0.25) is 0 Å². The molecule has 0 saturated carbocycles. The number of hydrogen-bond donors (Lipinski definition) is 0. The van der Waals surface area contributed by atoms with Crippen LogP contribution in [0.5, 0.6) is 17.2 Å². The second-order valence-electron chi connectivity index (χ2n) is 14.1. The fourth-order valence-corrected chi connectivity index (χ4v) is 9.34. The lowest BCUT2D eigenvalue weighted by molar-refractivity contribution is 0.405. The van der Waals surface area contributed by atoms with E-state index in [0.29, 0.717) is 0 Å². The molecule has 0 saturated heterocycles. The number of hydrogen-bond acceptors (Lipinski definition) is 5. The van der Waals surface area contributed by atoms with Crippen LogP contribution in [0.1, 0.15) is 142 Å². The van der Waals surface area contributed by atoms with Crippen molar-refractivity contribution in [2.45, 2.75) is 153 Å². The molecular weight excluding hydrogens is 685 g/mol. The van der Waals surface area contributed by atoms with E-state index in [1.165, 1.54) is 163 Å². The van der Waals surface area contributed by atoms with E-state index in [1.807, 2.05) is 44.9 Å². The van der Waals surface area contributed by atoms with E-state index in [1.54, 1.807) is 0 Å². The summed E-state index contributed by atoms with van der Waals surface area (Å²) in [6.07, 6.45) is 24.5. The molecule has 0 aliphatic carbocycles. The number of thioether (sulfide) groups is 2. The van der Waals surface area contributed by atoms with Gasteiger partial charge in [-0.25, -0.2) is 0 Å². The predicted molar refractivity (Wildman–Crippen MR) is 234 cm³/mol. The highest BCUT2D eigenvalue weighted by Gasteiger charge is 2.18. The van der Waals surface area contributed by atoms with E-state index in [-0.39, 0.29) is 13.5 Å². The Morgan fingerprint density at radius 3 is 1.14 bits per heavy atom. The third-order valence-electron chi connectivity index (χ3n) is 10.2. The number of aryl methyl sites for hydroxylation is 1. The molecule has 0 bridgehead atoms. The van der Waals surface area contributed by atoms with Gasteiger partial charge in [-0.2, -0.15) is 13.5 Å². The molecule has 0 aliphatic heterocycles. The van der Waals surface area contributed by atoms with Crippen molar-refractivity contribution in [3.05, 3.63) is 42.0 Å². The number of rotatable bonds is 26. The molecule has 4 rings (SSSR count). The van der Waals surface area contributed by atoms with E-state index in [0.717, 1.165) is 35.2 Å². The standard InChI is InChI=1S/C45H66O3S2.H2S/c1-7-10-13-16-19-22-25-34-28-35-36(29-41(34)46-4)39-32-44(49-26-23-20-17-14-11-8-2)43(48-6)31-38(39)40-33-45(42(47-5)30-37(35)40)50-27-24-21-18-15-12-9-3;/h28-33H,7-27H2,1-6H3;1H2. The minimum Gasteiger partial charge on any atom is -0.496 e. The Labute approximate surface area is 326 Å². The zero-order chi connectivity index (χ0) is 35.6. The third kappa shape index (κ3) is 12.6. The fraction of sp³-hybridized carbons (Fsp3) is 0.600. The van der Waals surface area contributed by atoms with Gasteiger partial charge in [-0.1, -0.05) is 117 Å². The summed E-state index contributed by atoms with van der Waals surface area (Å²) in [6.45, 7) is 6.86. The highest BCUT2D eigenvalue weighted by Crippen LogP contribution is 2.46. The molecule has 0 aromatic heterocycles. The molecule has 0 aliphatic rings. The first-order chi connectivity index (χ1) is 24.6. The predicted octanol–water partition coefficient (Wildman–Crippen LogP) is 15.1. The largest absolute Gasteiger partial charge is 0.496 e. The van der Waals surface area contributed by atoms with Crippen molar-refractivity contribution in [2.75, 3.05) is 32.8 Å². The van der Waals surface area contributed by atoms with Gasteiger partial charge < -0.3 is 14.2 Å². The van der Waals surface area contributed by atoms with Crippen LogP contribution in [-0.2, 0) is 6.42 Å². The topological polar surface area (TPSA) is 27.7 Å². The summed E-state index contributed by atoms with van der Waals surface area (Å²) in [5.74, 6) is 5.17. The van der Waals surface area contributed by atoms with E-state index in [9.17, 15) is 0 Å². The second kappa shape index (κ2) is 24.4. The molecule has 0 atom stereocenters. The van der Waals surface area contributed by atoms with Crippen LogP contribution in [-0.4, -0.2) is 32.8 Å². The molecule has 0 unspecified atom stereocenters. The molecule has 0 heterocycles. The SMILES string of the molecule is CCCCCCCCSc1cc2c3cc(OC)c(CCCCCCCC)cc3c3cc(OC)c(SCCCCCCCC)cc3c2cc1OC.S. The summed E-state index contributed by atoms with van der Waals surface area (Å²) in [5.41, 5.74) is 1.31. The van der Waals surface area contributed by atoms with Crippen LogP contribution in [0.2, 0.25) is 0 Å². The third-order valence-corrected chi connectivity index (χ3v) is 12.5. The van der Waals surface area contributed by atoms with Crippen LogP contribution in [0, 0.1) is 0 Å². The van der Waals surface area contributed by atoms with Crippen molar-refractivity contribution < 1.29 is 14.2 Å². The van der Waals surface area contributed by atoms with Crippen molar-refractivity contribution in [3.8, 4) is 17.2 Å². The molecule has 4 aromatic carbocycles. The lowest BCUT2D eigenvalue weighted by atomic mass is 9.91. The first-order valence-corrected chi connectivity index (χ1v) is 22.0. The number of benzene rings is 4. The van der Waals surface area contributed by atoms with E-state index in [4.69, 9.17) is 14.2 Å². The van der Waals surface area contributed by atoms with Gasteiger partial charge in [-0.05, 0) is 111 Å². The summed E-state index contributed by atoms with van der Waals surface area (Å²) in [4.78, 5) is 2.46. The Morgan fingerprint density at radius 1 is 0.392 bits per heavy atom. The molecule has 51 heavy (non-hydrogen) atoms. The number of unbranched alkanes of at least 4 members (excludes halogenated alkanes) is 15. The number of ether oxygens (including phenoxy) is 3. The molecule has 0 N–H and O–H groups in total. The van der Waals surface area contributed by atoms with Gasteiger partial charge >= 0.3 is 0 Å². The van der Waals surface area contributed by atoms with Crippen molar-refractivity contribution >= 4 is 69.3 Å². The first kappa shape index (κ1) is 43.5. The normalized spacial score (nSPS) is 11.4. The van der Waals surface area contributed by atoms with Crippen molar-refractivity contribution in [1.29, 1.82) is 0 Å². The van der Waals surface area contributed by atoms with Gasteiger partial charge in [0.2, 0.25) is 0 Å². The molecule has 0 spiro atoms. The highest BCUT2D eigenvalue weighted by atomic mass is 32.2. The molecule has 0 amide bonds. The summed E-state index contributed by atoms with van der Waals surface area (Å²) in [5, 5.41) is 7.57. The van der Waals surface area contributed by atoms with Crippen LogP contribution < -0.4 is 14.2 Å². The Hall–Kier alpha value is -1.89. The number of fused-ring (bicyclic) bond motifs is 6. The summed E-state index contributed by atoms with van der Waals surface area (Å²) in [6, 6.07) is 14.1. The monoisotopic (exact) mass is 752 g/mol. The minimum absolute atomic E-state index is 0. The molecule has 3 nitrogen and oxygen atoms in total. The Bertz CT molecular complexity index is 1550. The quantitative estimate of drug-likeness (QED) is 0.0362. The van der Waals surface area contributed by atoms with Crippen molar-refractivity contribution in [2.24, 2.45) is 0 Å². The fourth-order valence-electron chi connectivity index (χ4n) is 7.24. The zero-order valence-electron chi connectivity index (χ0n) is 32.9. The molecular formula is C45H68O3S3. The molecule has 4 aromatic rings. The first-order valence-electron chi connectivity index (χ1n) is 20.0. The molecule has 0 radical (unpaired) electrons. The van der Waals surface area contributed by atoms with Crippen LogP contribution in [0.4, 0.5) is 0 Å². The Balaban J connectivity index is 0.00000702. The van der Waals surface area contributed by atoms with Gasteiger partial charge in [-0.15, -0.1) is 23.5 Å². The van der Waals surface area contributed by atoms with Crippen LogP contribution >= 0.6 is 37.0 Å². The maximum Gasteiger partial charge on any atom is 0.133 e. The molecule has 6 heteroatoms. The molecule has 0 fully saturated rings. The van der Waals surface area contributed by atoms with Gasteiger partial charge in [0, 0.05) is 9.79 Å². The van der Waals surface area contributed by atoms with Crippen LogP contribution in [0.3, 0.4) is 0 Å². The maximum atomic E-state index is 6.10. The van der Waals surface area contributed by atoms with Gasteiger partial charge in [0.05, 0.1) is 21.3 Å². The Kier molecular flexibility index (Phi) is 20.8. The average Bonchev–Trinajstić information content (AvgIpc) is 3.14. The summed E-state index contributed by atoms with van der Waals surface area (Å²) < 4.78 is 18.3. The van der Waals surface area contributed by atoms with Gasteiger partial charge in [0.25, 0.3) is 0 Å². The highest BCUT2D eigenvalue weighted by molar-refractivity contribution is 7.99. The summed E-state index contributed by atoms with van der Waals surface area (Å²) >= 11 is 3.89. The zero-order valence-corrected chi connectivity index (χ0v) is 35.5. The maximum absolute atomic E-state index is 6.10. The van der Waals surface area contributed by atoms with Crippen LogP contribution in [0.25, 0.3) is 32.3 Å². The van der Waals surface area contributed by atoms with Crippen molar-refractivity contribution in [1.82, 2.24) is 0 Å². The van der Waals surface area contributed by atoms with Gasteiger partial charge in [0.1, 0.15) is 17.2 Å². The minimum atomic E-state index is 0. The van der Waals surface area contributed by atoms with E-state index in [2.05, 4.69) is 57.2 Å². The average molecular weight is 753 g/mol. The van der Waals surface area contributed by atoms with Gasteiger partial charge in [0.15, 0.2) is 0 Å². The number of methoxy groups -OCH3 is 3. The summed E-state index contributed by atoms with van der Waals surface area (Å²) in [7, 11) is 5.47. The van der Waals surface area contributed by atoms with E-state index < -0.39 is 0 Å².